The van der Waals surface area contributed by atoms with E-state index in [0.717, 1.165) is 12.8 Å². The van der Waals surface area contributed by atoms with Gasteiger partial charge in [-0.3, -0.25) is 19.4 Å². The number of anilines is 1. The van der Waals surface area contributed by atoms with Crippen molar-refractivity contribution in [2.75, 3.05) is 44.7 Å². The number of hydrogen-bond acceptors (Lipinski definition) is 8. The summed E-state index contributed by atoms with van der Waals surface area (Å²) in [6.45, 7) is 3.08. The van der Waals surface area contributed by atoms with E-state index in [9.17, 15) is 14.7 Å². The van der Waals surface area contributed by atoms with E-state index in [1.165, 1.54) is 0 Å². The first kappa shape index (κ1) is 21.5. The van der Waals surface area contributed by atoms with Gasteiger partial charge in [-0.1, -0.05) is 18.2 Å². The largest absolute Gasteiger partial charge is 0.454 e. The fourth-order valence-electron chi connectivity index (χ4n) is 5.24. The summed E-state index contributed by atoms with van der Waals surface area (Å²) in [4.78, 5) is 30.4. The van der Waals surface area contributed by atoms with Gasteiger partial charge in [0.05, 0.1) is 32.0 Å². The standard InChI is InChI=1S/C25H26N2O7/c28-20(17-5-6-21-22(13-17)32-16-31-21)14-25(30)18-3-1-2-4-19(18)27(23(25)29)15-26-9-7-24(8-10-26)33-11-12-34-24/h1-6,13,30H,7-12,14-16H2/t25-/m1/s1. The van der Waals surface area contributed by atoms with Crippen molar-refractivity contribution in [2.24, 2.45) is 0 Å². The molecule has 9 nitrogen and oxygen atoms in total. The number of carbonyl (C=O) groups excluding carboxylic acids is 2. The van der Waals surface area contributed by atoms with E-state index in [1.807, 2.05) is 12.1 Å². The predicted octanol–water partition coefficient (Wildman–Crippen LogP) is 2.02. The highest BCUT2D eigenvalue weighted by atomic mass is 16.7. The molecule has 9 heteroatoms. The van der Waals surface area contributed by atoms with E-state index in [1.54, 1.807) is 35.2 Å². The Bertz CT molecular complexity index is 1140. The molecule has 2 fully saturated rings. The van der Waals surface area contributed by atoms with Gasteiger partial charge in [0.2, 0.25) is 6.79 Å². The van der Waals surface area contributed by atoms with Gasteiger partial charge in [-0.05, 0) is 24.3 Å². The monoisotopic (exact) mass is 466 g/mol. The second-order valence-corrected chi connectivity index (χ2v) is 9.15. The molecule has 0 aromatic heterocycles. The maximum atomic E-state index is 13.6. The van der Waals surface area contributed by atoms with Crippen LogP contribution in [0.4, 0.5) is 5.69 Å². The Labute approximate surface area is 196 Å². The van der Waals surface area contributed by atoms with Crippen LogP contribution in [0.1, 0.15) is 35.2 Å². The van der Waals surface area contributed by atoms with Gasteiger partial charge in [-0.15, -0.1) is 0 Å². The van der Waals surface area contributed by atoms with Crippen LogP contribution in [0, 0.1) is 0 Å². The Morgan fingerprint density at radius 1 is 1.00 bits per heavy atom. The number of piperidine rings is 1. The molecule has 0 saturated carbocycles. The van der Waals surface area contributed by atoms with Crippen molar-refractivity contribution in [3.8, 4) is 11.5 Å². The summed E-state index contributed by atoms with van der Waals surface area (Å²) in [5.74, 6) is -0.282. The number of nitrogens with zero attached hydrogens (tertiary/aromatic N) is 2. The number of aliphatic hydroxyl groups is 1. The third-order valence-corrected chi connectivity index (χ3v) is 7.12. The maximum absolute atomic E-state index is 13.6. The van der Waals surface area contributed by atoms with Crippen LogP contribution in [0.3, 0.4) is 0 Å². The van der Waals surface area contributed by atoms with Gasteiger partial charge in [0.15, 0.2) is 28.7 Å². The van der Waals surface area contributed by atoms with Crippen LogP contribution >= 0.6 is 0 Å². The molecule has 34 heavy (non-hydrogen) atoms. The van der Waals surface area contributed by atoms with Crippen LogP contribution in [0.25, 0.3) is 0 Å². The minimum absolute atomic E-state index is 0.105. The summed E-state index contributed by atoms with van der Waals surface area (Å²) >= 11 is 0. The minimum Gasteiger partial charge on any atom is -0.454 e. The van der Waals surface area contributed by atoms with Gasteiger partial charge >= 0.3 is 0 Å². The van der Waals surface area contributed by atoms with Crippen LogP contribution in [0.5, 0.6) is 11.5 Å². The molecule has 178 valence electrons. The summed E-state index contributed by atoms with van der Waals surface area (Å²) < 4.78 is 22.3. The normalized spacial score (nSPS) is 25.2. The average Bonchev–Trinajstić information content (AvgIpc) is 3.56. The van der Waals surface area contributed by atoms with E-state index in [0.29, 0.717) is 61.3 Å². The zero-order chi connectivity index (χ0) is 23.3. The van der Waals surface area contributed by atoms with Gasteiger partial charge in [0.1, 0.15) is 0 Å². The quantitative estimate of drug-likeness (QED) is 0.669. The van der Waals surface area contributed by atoms with Crippen molar-refractivity contribution < 1.29 is 33.6 Å². The lowest BCUT2D eigenvalue weighted by Crippen LogP contribution is -2.51. The number of hydrogen-bond donors (Lipinski definition) is 1. The average molecular weight is 466 g/mol. The summed E-state index contributed by atoms with van der Waals surface area (Å²) in [6.07, 6.45) is 1.09. The fourth-order valence-corrected chi connectivity index (χ4v) is 5.24. The number of benzene rings is 2. The fraction of sp³-hybridized carbons (Fsp3) is 0.440. The number of ketones is 1. The van der Waals surface area contributed by atoms with Crippen LogP contribution < -0.4 is 14.4 Å². The Morgan fingerprint density at radius 2 is 1.74 bits per heavy atom. The van der Waals surface area contributed by atoms with Crippen molar-refractivity contribution in [3.05, 3.63) is 53.6 Å². The van der Waals surface area contributed by atoms with E-state index in [4.69, 9.17) is 18.9 Å². The molecule has 0 radical (unpaired) electrons. The maximum Gasteiger partial charge on any atom is 0.265 e. The molecule has 2 saturated heterocycles. The van der Waals surface area contributed by atoms with E-state index < -0.39 is 17.3 Å². The highest BCUT2D eigenvalue weighted by Crippen LogP contribution is 2.44. The number of para-hydroxylation sites is 1. The Balaban J connectivity index is 1.21. The molecule has 2 aromatic rings. The molecule has 1 atom stereocenters. The molecule has 1 N–H and O–H groups in total. The molecule has 2 aromatic carbocycles. The smallest absolute Gasteiger partial charge is 0.265 e. The van der Waals surface area contributed by atoms with Gasteiger partial charge in [-0.25, -0.2) is 0 Å². The Morgan fingerprint density at radius 3 is 2.53 bits per heavy atom. The zero-order valence-corrected chi connectivity index (χ0v) is 18.7. The number of ether oxygens (including phenoxy) is 4. The van der Waals surface area contributed by atoms with E-state index in [2.05, 4.69) is 4.90 Å². The summed E-state index contributed by atoms with van der Waals surface area (Å²) in [6, 6.07) is 12.0. The molecule has 0 unspecified atom stereocenters. The third-order valence-electron chi connectivity index (χ3n) is 7.12. The molecule has 0 aliphatic carbocycles. The topological polar surface area (TPSA) is 97.8 Å². The van der Waals surface area contributed by atoms with Gasteiger partial charge in [0.25, 0.3) is 5.91 Å². The minimum atomic E-state index is -1.93. The molecule has 4 aliphatic rings. The Hall–Kier alpha value is -2.98. The molecule has 6 rings (SSSR count). The number of likely N-dealkylation sites (tertiary alicyclic amines) is 1. The third kappa shape index (κ3) is 3.47. The first-order valence-electron chi connectivity index (χ1n) is 11.5. The van der Waals surface area contributed by atoms with Gasteiger partial charge in [0, 0.05) is 37.1 Å². The Kier molecular flexibility index (Phi) is 5.11. The highest BCUT2D eigenvalue weighted by molar-refractivity contribution is 6.10. The van der Waals surface area contributed by atoms with Crippen molar-refractivity contribution in [2.45, 2.75) is 30.7 Å². The molecule has 4 heterocycles. The molecule has 0 bridgehead atoms. The van der Waals surface area contributed by atoms with Crippen LogP contribution in [-0.4, -0.2) is 67.2 Å². The van der Waals surface area contributed by atoms with Crippen molar-refractivity contribution in [1.82, 2.24) is 4.90 Å². The first-order valence-corrected chi connectivity index (χ1v) is 11.5. The summed E-state index contributed by atoms with van der Waals surface area (Å²) in [7, 11) is 0. The van der Waals surface area contributed by atoms with E-state index >= 15 is 0 Å². The number of carbonyl (C=O) groups is 2. The summed E-state index contributed by atoms with van der Waals surface area (Å²) in [5.41, 5.74) is -0.495. The van der Waals surface area contributed by atoms with Crippen molar-refractivity contribution in [1.29, 1.82) is 0 Å². The second kappa shape index (κ2) is 8.06. The number of amides is 1. The molecular weight excluding hydrogens is 440 g/mol. The lowest BCUT2D eigenvalue weighted by Gasteiger charge is -2.39. The van der Waals surface area contributed by atoms with Gasteiger partial charge < -0.3 is 24.1 Å². The number of Topliss-reactive ketones (excluding diaryl/α,β-unsaturated/α-hetero) is 1. The van der Waals surface area contributed by atoms with E-state index in [-0.39, 0.29) is 19.0 Å². The van der Waals surface area contributed by atoms with Crippen LogP contribution in [-0.2, 0) is 19.9 Å². The lowest BCUT2D eigenvalue weighted by molar-refractivity contribution is -0.185. The van der Waals surface area contributed by atoms with Crippen LogP contribution in [0.2, 0.25) is 0 Å². The summed E-state index contributed by atoms with van der Waals surface area (Å²) in [5, 5.41) is 11.6. The number of rotatable bonds is 5. The SMILES string of the molecule is O=C(C[C@]1(O)C(=O)N(CN2CCC3(CC2)OCCO3)c2ccccc21)c1ccc2c(c1)OCO2. The van der Waals surface area contributed by atoms with Crippen molar-refractivity contribution >= 4 is 17.4 Å². The lowest BCUT2D eigenvalue weighted by atomic mass is 9.88. The molecular formula is C25H26N2O7. The van der Waals surface area contributed by atoms with Crippen LogP contribution in [0.15, 0.2) is 42.5 Å². The molecule has 4 aliphatic heterocycles. The second-order valence-electron chi connectivity index (χ2n) is 9.15. The van der Waals surface area contributed by atoms with Gasteiger partial charge in [-0.2, -0.15) is 0 Å². The first-order chi connectivity index (χ1) is 16.5. The zero-order valence-electron chi connectivity index (χ0n) is 18.7. The van der Waals surface area contributed by atoms with Crippen molar-refractivity contribution in [3.63, 3.8) is 0 Å². The predicted molar refractivity (Wildman–Crippen MR) is 120 cm³/mol. The highest BCUT2D eigenvalue weighted by Gasteiger charge is 2.51. The molecule has 1 spiro atoms. The number of fused-ring (bicyclic) bond motifs is 2. The molecule has 1 amide bonds.